The zero-order chi connectivity index (χ0) is 20.4. The van der Waals surface area contributed by atoms with Gasteiger partial charge >= 0.3 is 6.18 Å². The van der Waals surface area contributed by atoms with Crippen molar-refractivity contribution in [3.63, 3.8) is 0 Å². The Balaban J connectivity index is 1.84. The van der Waals surface area contributed by atoms with Crippen LogP contribution < -0.4 is 5.06 Å². The standard InChI is InChI=1S/C23H18F3NO2/c24-23(25,26)22-19(20(28)16-10-4-1-5-11-16)21(17-12-6-2-7-13-17)29-27(22)18-14-8-3-9-15-18/h1-15,19,21-22H/t19-,21-,22-/m0/s1. The Bertz CT molecular complexity index is 962. The van der Waals surface area contributed by atoms with Crippen molar-refractivity contribution >= 4 is 11.5 Å². The van der Waals surface area contributed by atoms with Crippen LogP contribution in [0.2, 0.25) is 0 Å². The smallest absolute Gasteiger partial charge is 0.294 e. The molecule has 1 saturated heterocycles. The SMILES string of the molecule is O=C(c1ccccc1)[C@@H]1[C@@H](C(F)(F)F)N(c2ccccc2)O[C@H]1c1ccccc1. The molecule has 3 nitrogen and oxygen atoms in total. The topological polar surface area (TPSA) is 29.5 Å². The summed E-state index contributed by atoms with van der Waals surface area (Å²) in [6, 6.07) is 22.6. The summed E-state index contributed by atoms with van der Waals surface area (Å²) in [6.07, 6.45) is -5.73. The second-order valence-corrected chi connectivity index (χ2v) is 6.84. The highest BCUT2D eigenvalue weighted by Gasteiger charge is 2.60. The molecule has 1 aliphatic rings. The number of carbonyl (C=O) groups excluding carboxylic acids is 1. The number of Topliss-reactive ketones (excluding diaryl/α,β-unsaturated/α-hetero) is 1. The average molecular weight is 397 g/mol. The Kier molecular flexibility index (Phi) is 5.11. The Labute approximate surface area is 166 Å². The van der Waals surface area contributed by atoms with Gasteiger partial charge < -0.3 is 0 Å². The van der Waals surface area contributed by atoms with Crippen LogP contribution in [0.3, 0.4) is 0 Å². The monoisotopic (exact) mass is 397 g/mol. The van der Waals surface area contributed by atoms with Crippen LogP contribution in [0.1, 0.15) is 22.0 Å². The highest BCUT2D eigenvalue weighted by Crippen LogP contribution is 2.48. The van der Waals surface area contributed by atoms with Crippen molar-refractivity contribution in [2.24, 2.45) is 5.92 Å². The molecule has 3 aromatic rings. The fourth-order valence-electron chi connectivity index (χ4n) is 3.68. The molecule has 148 valence electrons. The molecule has 0 spiro atoms. The van der Waals surface area contributed by atoms with E-state index >= 15 is 0 Å². The predicted octanol–water partition coefficient (Wildman–Crippen LogP) is 5.61. The Morgan fingerprint density at radius 1 is 0.793 bits per heavy atom. The van der Waals surface area contributed by atoms with Gasteiger partial charge in [0.2, 0.25) is 0 Å². The molecule has 1 fully saturated rings. The summed E-state index contributed by atoms with van der Waals surface area (Å²) in [5.41, 5.74) is 1.000. The van der Waals surface area contributed by atoms with Gasteiger partial charge in [-0.15, -0.1) is 0 Å². The third kappa shape index (κ3) is 3.76. The highest BCUT2D eigenvalue weighted by atomic mass is 19.4. The average Bonchev–Trinajstić information content (AvgIpc) is 3.16. The van der Waals surface area contributed by atoms with Crippen molar-refractivity contribution in [3.8, 4) is 0 Å². The molecule has 1 aliphatic heterocycles. The van der Waals surface area contributed by atoms with E-state index in [0.717, 1.165) is 5.06 Å². The number of alkyl halides is 3. The highest BCUT2D eigenvalue weighted by molar-refractivity contribution is 5.99. The van der Waals surface area contributed by atoms with E-state index in [1.165, 1.54) is 24.3 Å². The van der Waals surface area contributed by atoms with Gasteiger partial charge in [-0.1, -0.05) is 78.9 Å². The number of hydrogen-bond donors (Lipinski definition) is 0. The number of anilines is 1. The summed E-state index contributed by atoms with van der Waals surface area (Å²) in [5.74, 6) is -2.04. The van der Waals surface area contributed by atoms with Crippen molar-refractivity contribution in [2.75, 3.05) is 5.06 Å². The van der Waals surface area contributed by atoms with E-state index in [1.54, 1.807) is 66.7 Å². The van der Waals surface area contributed by atoms with Gasteiger partial charge in [0.05, 0.1) is 11.6 Å². The maximum absolute atomic E-state index is 14.2. The van der Waals surface area contributed by atoms with Crippen LogP contribution in [0.15, 0.2) is 91.0 Å². The van der Waals surface area contributed by atoms with Crippen LogP contribution in [-0.2, 0) is 4.84 Å². The van der Waals surface area contributed by atoms with Crippen LogP contribution in [0.25, 0.3) is 0 Å². The first kappa shape index (κ1) is 19.2. The molecule has 0 amide bonds. The van der Waals surface area contributed by atoms with Crippen LogP contribution in [0.4, 0.5) is 18.9 Å². The van der Waals surface area contributed by atoms with Gasteiger partial charge in [0.25, 0.3) is 0 Å². The Hall–Kier alpha value is -3.12. The molecule has 3 atom stereocenters. The number of carbonyl (C=O) groups is 1. The molecule has 0 saturated carbocycles. The molecule has 6 heteroatoms. The van der Waals surface area contributed by atoms with Crippen LogP contribution in [0, 0.1) is 5.92 Å². The summed E-state index contributed by atoms with van der Waals surface area (Å²) in [5, 5.41) is 0.836. The minimum Gasteiger partial charge on any atom is -0.294 e. The Morgan fingerprint density at radius 2 is 1.31 bits per heavy atom. The van der Waals surface area contributed by atoms with E-state index in [-0.39, 0.29) is 11.3 Å². The van der Waals surface area contributed by atoms with Crippen LogP contribution in [-0.4, -0.2) is 18.0 Å². The molecule has 0 radical (unpaired) electrons. The number of benzene rings is 3. The summed E-state index contributed by atoms with van der Waals surface area (Å²) in [4.78, 5) is 19.1. The maximum atomic E-state index is 14.2. The number of para-hydroxylation sites is 1. The fourth-order valence-corrected chi connectivity index (χ4v) is 3.68. The first-order valence-electron chi connectivity index (χ1n) is 9.19. The summed E-state index contributed by atoms with van der Waals surface area (Å²) in [6.45, 7) is 0. The molecular weight excluding hydrogens is 379 g/mol. The van der Waals surface area contributed by atoms with Gasteiger partial charge in [-0.25, -0.2) is 5.06 Å². The zero-order valence-corrected chi connectivity index (χ0v) is 15.3. The third-order valence-electron chi connectivity index (χ3n) is 4.98. The molecule has 29 heavy (non-hydrogen) atoms. The van der Waals surface area contributed by atoms with Gasteiger partial charge in [0, 0.05) is 5.56 Å². The minimum atomic E-state index is -4.67. The molecule has 0 N–H and O–H groups in total. The van der Waals surface area contributed by atoms with Crippen LogP contribution >= 0.6 is 0 Å². The van der Waals surface area contributed by atoms with E-state index in [2.05, 4.69) is 0 Å². The Morgan fingerprint density at radius 3 is 1.86 bits per heavy atom. The maximum Gasteiger partial charge on any atom is 0.412 e. The largest absolute Gasteiger partial charge is 0.412 e. The number of nitrogens with zero attached hydrogens (tertiary/aromatic N) is 1. The van der Waals surface area contributed by atoms with E-state index in [1.807, 2.05) is 0 Å². The lowest BCUT2D eigenvalue weighted by Crippen LogP contribution is -2.47. The third-order valence-corrected chi connectivity index (χ3v) is 4.98. The van der Waals surface area contributed by atoms with Crippen molar-refractivity contribution in [3.05, 3.63) is 102 Å². The molecule has 3 aromatic carbocycles. The van der Waals surface area contributed by atoms with Gasteiger partial charge in [-0.3, -0.25) is 9.63 Å². The summed E-state index contributed by atoms with van der Waals surface area (Å²) < 4.78 is 42.7. The second kappa shape index (κ2) is 7.72. The molecule has 4 rings (SSSR count). The van der Waals surface area contributed by atoms with E-state index < -0.39 is 30.0 Å². The van der Waals surface area contributed by atoms with Crippen molar-refractivity contribution in [2.45, 2.75) is 18.3 Å². The molecule has 0 aliphatic carbocycles. The zero-order valence-electron chi connectivity index (χ0n) is 15.3. The predicted molar refractivity (Wildman–Crippen MR) is 103 cm³/mol. The summed E-state index contributed by atoms with van der Waals surface area (Å²) >= 11 is 0. The van der Waals surface area contributed by atoms with Gasteiger partial charge in [-0.05, 0) is 17.7 Å². The van der Waals surface area contributed by atoms with E-state index in [0.29, 0.717) is 5.56 Å². The first-order chi connectivity index (χ1) is 14.0. The quantitative estimate of drug-likeness (QED) is 0.536. The fraction of sp³-hybridized carbons (Fsp3) is 0.174. The first-order valence-corrected chi connectivity index (χ1v) is 9.19. The van der Waals surface area contributed by atoms with E-state index in [4.69, 9.17) is 4.84 Å². The number of hydroxylamine groups is 1. The summed E-state index contributed by atoms with van der Waals surface area (Å²) in [7, 11) is 0. The van der Waals surface area contributed by atoms with Crippen molar-refractivity contribution < 1.29 is 22.8 Å². The molecule has 0 aromatic heterocycles. The van der Waals surface area contributed by atoms with Crippen LogP contribution in [0.5, 0.6) is 0 Å². The lowest BCUT2D eigenvalue weighted by atomic mass is 9.83. The lowest BCUT2D eigenvalue weighted by molar-refractivity contribution is -0.156. The normalized spacial score (nSPS) is 21.9. The van der Waals surface area contributed by atoms with Gasteiger partial charge in [0.1, 0.15) is 6.10 Å². The molecule has 1 heterocycles. The van der Waals surface area contributed by atoms with Gasteiger partial charge in [-0.2, -0.15) is 13.2 Å². The number of rotatable bonds is 4. The number of halogens is 3. The van der Waals surface area contributed by atoms with Crippen molar-refractivity contribution in [1.82, 2.24) is 0 Å². The minimum absolute atomic E-state index is 0.228. The van der Waals surface area contributed by atoms with E-state index in [9.17, 15) is 18.0 Å². The number of hydrogen-bond acceptors (Lipinski definition) is 3. The molecule has 0 unspecified atom stereocenters. The lowest BCUT2D eigenvalue weighted by Gasteiger charge is -2.28. The molecular formula is C23H18F3NO2. The second-order valence-electron chi connectivity index (χ2n) is 6.84. The molecule has 0 bridgehead atoms. The van der Waals surface area contributed by atoms with Gasteiger partial charge in [0.15, 0.2) is 11.8 Å². The number of ketones is 1. The van der Waals surface area contributed by atoms with Crippen molar-refractivity contribution in [1.29, 1.82) is 0 Å².